The molecule has 1 amide bonds. The molecule has 0 aliphatic carbocycles. The lowest BCUT2D eigenvalue weighted by molar-refractivity contribution is -0.116. The van der Waals surface area contributed by atoms with Crippen LogP contribution in [0, 0.1) is 6.92 Å². The van der Waals surface area contributed by atoms with E-state index in [4.69, 9.17) is 14.8 Å². The standard InChI is InChI=1S/C33H25N5O3S/c1-20-24(18-21-10-3-2-4-11-21)31(39)36-33(34-20)38-29(19-25(37-38)28-16-9-17-42-28)35-32(40)30-22-12-5-7-14-26(22)41-27-15-8-6-13-23(27)30/h2-17,19,30H,18H2,1H3,(H,35,40)(H,34,36,39). The fraction of sp³-hybridized carbons (Fsp3) is 0.0909. The first-order valence-electron chi connectivity index (χ1n) is 13.5. The maximum atomic E-state index is 14.1. The van der Waals surface area contributed by atoms with E-state index < -0.39 is 5.92 Å². The number of benzene rings is 3. The number of hydrogen-bond acceptors (Lipinski definition) is 6. The summed E-state index contributed by atoms with van der Waals surface area (Å²) in [5.74, 6) is 1.03. The minimum absolute atomic E-state index is 0.222. The summed E-state index contributed by atoms with van der Waals surface area (Å²) in [5.41, 5.74) is 4.13. The van der Waals surface area contributed by atoms with Gasteiger partial charge in [-0.05, 0) is 36.1 Å². The number of fused-ring (bicyclic) bond motifs is 2. The summed E-state index contributed by atoms with van der Waals surface area (Å²) in [4.78, 5) is 35.9. The Hall–Kier alpha value is -5.28. The van der Waals surface area contributed by atoms with E-state index in [1.165, 1.54) is 16.0 Å². The third-order valence-electron chi connectivity index (χ3n) is 7.31. The Morgan fingerprint density at radius 2 is 1.64 bits per heavy atom. The molecule has 6 aromatic rings. The molecule has 2 N–H and O–H groups in total. The number of thiophene rings is 1. The highest BCUT2D eigenvalue weighted by atomic mass is 32.1. The zero-order chi connectivity index (χ0) is 28.6. The molecule has 0 saturated carbocycles. The fourth-order valence-corrected chi connectivity index (χ4v) is 5.95. The molecular weight excluding hydrogens is 546 g/mol. The molecular formula is C33H25N5O3S. The average molecular weight is 572 g/mol. The summed E-state index contributed by atoms with van der Waals surface area (Å²) < 4.78 is 7.58. The normalized spacial score (nSPS) is 12.3. The Balaban J connectivity index is 1.29. The predicted octanol–water partition coefficient (Wildman–Crippen LogP) is 6.46. The van der Waals surface area contributed by atoms with Crippen LogP contribution in [0.3, 0.4) is 0 Å². The Kier molecular flexibility index (Phi) is 6.48. The van der Waals surface area contributed by atoms with Crippen LogP contribution in [0.25, 0.3) is 16.5 Å². The summed E-state index contributed by atoms with van der Waals surface area (Å²) in [6.45, 7) is 1.81. The monoisotopic (exact) mass is 571 g/mol. The van der Waals surface area contributed by atoms with Crippen LogP contribution in [0.1, 0.15) is 33.9 Å². The number of anilines is 1. The lowest BCUT2D eigenvalue weighted by Gasteiger charge is -2.27. The summed E-state index contributed by atoms with van der Waals surface area (Å²) in [6.07, 6.45) is 0.459. The molecule has 8 nitrogen and oxygen atoms in total. The molecule has 7 rings (SSSR count). The number of rotatable bonds is 6. The first-order chi connectivity index (χ1) is 20.5. The topological polar surface area (TPSA) is 102 Å². The molecule has 1 aliphatic rings. The predicted molar refractivity (Wildman–Crippen MR) is 163 cm³/mol. The van der Waals surface area contributed by atoms with Gasteiger partial charge in [-0.25, -0.2) is 4.98 Å². The molecule has 4 heterocycles. The highest BCUT2D eigenvalue weighted by Crippen LogP contribution is 2.44. The first kappa shape index (κ1) is 25.7. The molecule has 0 atom stereocenters. The second-order valence-electron chi connectivity index (χ2n) is 10.0. The van der Waals surface area contributed by atoms with Gasteiger partial charge in [0.1, 0.15) is 23.0 Å². The second kappa shape index (κ2) is 10.6. The van der Waals surface area contributed by atoms with Crippen molar-refractivity contribution in [2.75, 3.05) is 5.32 Å². The van der Waals surface area contributed by atoms with Crippen molar-refractivity contribution in [1.82, 2.24) is 19.7 Å². The minimum atomic E-state index is -0.610. The Bertz CT molecular complexity index is 1930. The SMILES string of the molecule is Cc1nc(-n2nc(-c3cccs3)cc2NC(=O)C2c3ccccc3Oc3ccccc32)[nH]c(=O)c1Cc1ccccc1. The van der Waals surface area contributed by atoms with E-state index in [9.17, 15) is 9.59 Å². The molecule has 206 valence electrons. The molecule has 0 bridgehead atoms. The smallest absolute Gasteiger partial charge is 0.256 e. The zero-order valence-electron chi connectivity index (χ0n) is 22.6. The molecule has 3 aromatic heterocycles. The second-order valence-corrected chi connectivity index (χ2v) is 11.0. The van der Waals surface area contributed by atoms with Gasteiger partial charge in [0.25, 0.3) is 5.56 Å². The molecule has 0 spiro atoms. The van der Waals surface area contributed by atoms with Crippen molar-refractivity contribution in [2.24, 2.45) is 0 Å². The Labute approximate surface area is 245 Å². The van der Waals surface area contributed by atoms with Gasteiger partial charge in [-0.1, -0.05) is 72.8 Å². The van der Waals surface area contributed by atoms with Crippen LogP contribution in [-0.4, -0.2) is 25.7 Å². The molecule has 42 heavy (non-hydrogen) atoms. The number of hydrogen-bond donors (Lipinski definition) is 2. The van der Waals surface area contributed by atoms with Gasteiger partial charge in [0.2, 0.25) is 11.9 Å². The van der Waals surface area contributed by atoms with E-state index in [0.29, 0.717) is 40.7 Å². The molecule has 0 fully saturated rings. The van der Waals surface area contributed by atoms with Crippen molar-refractivity contribution in [3.63, 3.8) is 0 Å². The maximum absolute atomic E-state index is 14.1. The van der Waals surface area contributed by atoms with E-state index >= 15 is 0 Å². The van der Waals surface area contributed by atoms with E-state index in [1.54, 1.807) is 6.07 Å². The van der Waals surface area contributed by atoms with Gasteiger partial charge in [0, 0.05) is 29.2 Å². The number of para-hydroxylation sites is 2. The van der Waals surface area contributed by atoms with Crippen molar-refractivity contribution in [3.8, 4) is 28.0 Å². The van der Waals surface area contributed by atoms with Crippen molar-refractivity contribution in [2.45, 2.75) is 19.3 Å². The molecule has 0 unspecified atom stereocenters. The summed E-state index contributed by atoms with van der Waals surface area (Å²) in [5, 5.41) is 9.81. The summed E-state index contributed by atoms with van der Waals surface area (Å²) in [6, 6.07) is 30.6. The summed E-state index contributed by atoms with van der Waals surface area (Å²) >= 11 is 1.53. The third-order valence-corrected chi connectivity index (χ3v) is 8.20. The van der Waals surface area contributed by atoms with Gasteiger partial charge in [0.15, 0.2) is 0 Å². The average Bonchev–Trinajstić information content (AvgIpc) is 3.69. The number of amides is 1. The van der Waals surface area contributed by atoms with Crippen molar-refractivity contribution in [1.29, 1.82) is 0 Å². The highest BCUT2D eigenvalue weighted by molar-refractivity contribution is 7.13. The number of ether oxygens (including phenoxy) is 1. The maximum Gasteiger partial charge on any atom is 0.256 e. The van der Waals surface area contributed by atoms with Gasteiger partial charge in [-0.3, -0.25) is 14.6 Å². The number of aromatic amines is 1. The molecule has 0 saturated heterocycles. The minimum Gasteiger partial charge on any atom is -0.457 e. The molecule has 3 aromatic carbocycles. The van der Waals surface area contributed by atoms with Crippen LogP contribution in [0.4, 0.5) is 5.82 Å². The van der Waals surface area contributed by atoms with E-state index in [2.05, 4.69) is 10.3 Å². The van der Waals surface area contributed by atoms with Crippen LogP contribution in [0.2, 0.25) is 0 Å². The molecule has 9 heteroatoms. The molecule has 1 aliphatic heterocycles. The quantitative estimate of drug-likeness (QED) is 0.239. The van der Waals surface area contributed by atoms with Crippen molar-refractivity contribution < 1.29 is 9.53 Å². The lowest BCUT2D eigenvalue weighted by Crippen LogP contribution is -2.27. The van der Waals surface area contributed by atoms with Crippen molar-refractivity contribution >= 4 is 23.1 Å². The first-order valence-corrected chi connectivity index (χ1v) is 14.4. The number of nitrogens with one attached hydrogen (secondary N) is 2. The third kappa shape index (κ3) is 4.69. The van der Waals surface area contributed by atoms with Crippen LogP contribution in [0.5, 0.6) is 11.5 Å². The zero-order valence-corrected chi connectivity index (χ0v) is 23.4. The number of carbonyl (C=O) groups excluding carboxylic acids is 1. The van der Waals surface area contributed by atoms with Crippen LogP contribution in [-0.2, 0) is 11.2 Å². The van der Waals surface area contributed by atoms with Gasteiger partial charge in [-0.2, -0.15) is 9.78 Å². The Morgan fingerprint density at radius 1 is 0.952 bits per heavy atom. The van der Waals surface area contributed by atoms with Crippen LogP contribution >= 0.6 is 11.3 Å². The van der Waals surface area contributed by atoms with E-state index in [0.717, 1.165) is 21.6 Å². The van der Waals surface area contributed by atoms with Crippen LogP contribution in [0.15, 0.2) is 107 Å². The van der Waals surface area contributed by atoms with Gasteiger partial charge >= 0.3 is 0 Å². The van der Waals surface area contributed by atoms with E-state index in [1.807, 2.05) is 103 Å². The Morgan fingerprint density at radius 3 is 2.31 bits per heavy atom. The number of aryl methyl sites for hydroxylation is 1. The van der Waals surface area contributed by atoms with Gasteiger partial charge in [0.05, 0.1) is 16.5 Å². The number of carbonyl (C=O) groups is 1. The van der Waals surface area contributed by atoms with Crippen molar-refractivity contribution in [3.05, 3.63) is 141 Å². The summed E-state index contributed by atoms with van der Waals surface area (Å²) in [7, 11) is 0. The number of H-pyrrole nitrogens is 1. The van der Waals surface area contributed by atoms with Gasteiger partial charge in [-0.15, -0.1) is 11.3 Å². The van der Waals surface area contributed by atoms with Crippen LogP contribution < -0.4 is 15.6 Å². The number of nitrogens with zero attached hydrogens (tertiary/aromatic N) is 3. The van der Waals surface area contributed by atoms with E-state index in [-0.39, 0.29) is 17.4 Å². The largest absolute Gasteiger partial charge is 0.457 e. The lowest BCUT2D eigenvalue weighted by atomic mass is 9.87. The van der Waals surface area contributed by atoms with Gasteiger partial charge < -0.3 is 10.1 Å². The highest BCUT2D eigenvalue weighted by Gasteiger charge is 2.33. The number of aromatic nitrogens is 4. The fourth-order valence-electron chi connectivity index (χ4n) is 5.27. The molecule has 0 radical (unpaired) electrons.